The van der Waals surface area contributed by atoms with Crippen molar-refractivity contribution in [1.29, 1.82) is 0 Å². The fourth-order valence-electron chi connectivity index (χ4n) is 2.16. The predicted molar refractivity (Wildman–Crippen MR) is 80.5 cm³/mol. The Balaban J connectivity index is 2.26. The summed E-state index contributed by atoms with van der Waals surface area (Å²) in [4.78, 5) is 0. The first kappa shape index (κ1) is 14.2. The molecule has 0 saturated carbocycles. The van der Waals surface area contributed by atoms with Crippen molar-refractivity contribution >= 4 is 15.9 Å². The van der Waals surface area contributed by atoms with E-state index in [0.717, 1.165) is 16.6 Å². The minimum atomic E-state index is 0.0450. The van der Waals surface area contributed by atoms with Crippen molar-refractivity contribution in [2.75, 3.05) is 0 Å². The summed E-state index contributed by atoms with van der Waals surface area (Å²) in [7, 11) is 0. The van der Waals surface area contributed by atoms with Gasteiger partial charge in [0, 0.05) is 16.7 Å². The fraction of sp³-hybridized carbons (Fsp3) is 0.357. The van der Waals surface area contributed by atoms with Crippen LogP contribution in [0.4, 0.5) is 0 Å². The van der Waals surface area contributed by atoms with Crippen LogP contribution in [-0.4, -0.2) is 9.78 Å². The molecule has 19 heavy (non-hydrogen) atoms. The maximum atomic E-state index is 5.72. The predicted octanol–water partition coefficient (Wildman–Crippen LogP) is 2.97. The fourth-order valence-corrected chi connectivity index (χ4v) is 2.61. The number of halogens is 1. The van der Waals surface area contributed by atoms with Crippen LogP contribution in [0.25, 0.3) is 0 Å². The van der Waals surface area contributed by atoms with Crippen molar-refractivity contribution in [1.82, 2.24) is 15.2 Å². The minimum absolute atomic E-state index is 0.0450. The second kappa shape index (κ2) is 6.32. The summed E-state index contributed by atoms with van der Waals surface area (Å²) >= 11 is 3.57. The first-order valence-electron chi connectivity index (χ1n) is 6.36. The summed E-state index contributed by atoms with van der Waals surface area (Å²) in [5, 5.41) is 4.36. The Morgan fingerprint density at radius 3 is 2.68 bits per heavy atom. The molecular formula is C14H19BrN4. The van der Waals surface area contributed by atoms with E-state index in [1.807, 2.05) is 35.1 Å². The van der Waals surface area contributed by atoms with Gasteiger partial charge in [-0.3, -0.25) is 16.0 Å². The second-order valence-corrected chi connectivity index (χ2v) is 5.66. The maximum absolute atomic E-state index is 5.72. The lowest BCUT2D eigenvalue weighted by molar-refractivity contribution is 0.447. The zero-order chi connectivity index (χ0) is 13.8. The summed E-state index contributed by atoms with van der Waals surface area (Å²) < 4.78 is 3.10. The molecule has 0 aliphatic carbocycles. The molecule has 0 amide bonds. The number of hydrazine groups is 1. The molecule has 0 aliphatic heterocycles. The van der Waals surface area contributed by atoms with Gasteiger partial charge in [-0.05, 0) is 38.0 Å². The molecule has 5 heteroatoms. The molecule has 2 rings (SSSR count). The molecule has 1 atom stereocenters. The number of hydrogen-bond acceptors (Lipinski definition) is 3. The van der Waals surface area contributed by atoms with Crippen LogP contribution >= 0.6 is 15.9 Å². The first-order chi connectivity index (χ1) is 9.13. The molecule has 0 spiro atoms. The molecule has 1 unspecified atom stereocenters. The van der Waals surface area contributed by atoms with Gasteiger partial charge in [-0.15, -0.1) is 0 Å². The monoisotopic (exact) mass is 322 g/mol. The molecule has 1 aromatic carbocycles. The highest BCUT2D eigenvalue weighted by Crippen LogP contribution is 2.24. The largest absolute Gasteiger partial charge is 0.271 e. The van der Waals surface area contributed by atoms with E-state index < -0.39 is 0 Å². The number of aromatic nitrogens is 2. The van der Waals surface area contributed by atoms with E-state index in [1.54, 1.807) is 0 Å². The summed E-state index contributed by atoms with van der Waals surface area (Å²) in [6.45, 7) is 4.23. The van der Waals surface area contributed by atoms with Crippen molar-refractivity contribution in [2.24, 2.45) is 5.84 Å². The number of nitrogens with one attached hydrogen (secondary N) is 1. The van der Waals surface area contributed by atoms with Crippen LogP contribution in [0.15, 0.2) is 41.0 Å². The van der Waals surface area contributed by atoms with Gasteiger partial charge in [0.05, 0.1) is 11.7 Å². The third-order valence-electron chi connectivity index (χ3n) is 3.13. The number of benzene rings is 1. The third-order valence-corrected chi connectivity index (χ3v) is 3.90. The Morgan fingerprint density at radius 1 is 1.32 bits per heavy atom. The Kier molecular flexibility index (Phi) is 4.74. The van der Waals surface area contributed by atoms with E-state index in [9.17, 15) is 0 Å². The third kappa shape index (κ3) is 3.23. The zero-order valence-corrected chi connectivity index (χ0v) is 12.8. The topological polar surface area (TPSA) is 55.9 Å². The van der Waals surface area contributed by atoms with Gasteiger partial charge in [0.25, 0.3) is 0 Å². The van der Waals surface area contributed by atoms with Crippen LogP contribution in [0.1, 0.15) is 37.2 Å². The molecular weight excluding hydrogens is 304 g/mol. The highest BCUT2D eigenvalue weighted by molar-refractivity contribution is 9.10. The molecule has 4 nitrogen and oxygen atoms in total. The Morgan fingerprint density at radius 2 is 2.05 bits per heavy atom. The number of hydrogen-bond donors (Lipinski definition) is 2. The van der Waals surface area contributed by atoms with Crippen molar-refractivity contribution < 1.29 is 0 Å². The standard InChI is InChI=1S/C14H19BrN4/c1-10(2)19-14(7-8-17-19)13(18-16)9-11-5-3-4-6-12(11)15/h3-8,10,13,18H,9,16H2,1-2H3. The van der Waals surface area contributed by atoms with Crippen LogP contribution in [-0.2, 0) is 6.42 Å². The maximum Gasteiger partial charge on any atom is 0.0669 e. The Hall–Kier alpha value is -1.17. The molecule has 0 radical (unpaired) electrons. The summed E-state index contributed by atoms with van der Waals surface area (Å²) in [5.74, 6) is 5.72. The van der Waals surface area contributed by atoms with E-state index in [2.05, 4.69) is 46.4 Å². The molecule has 0 saturated heterocycles. The lowest BCUT2D eigenvalue weighted by Crippen LogP contribution is -2.31. The van der Waals surface area contributed by atoms with E-state index in [-0.39, 0.29) is 6.04 Å². The van der Waals surface area contributed by atoms with Gasteiger partial charge in [0.15, 0.2) is 0 Å². The number of nitrogens with zero attached hydrogens (tertiary/aromatic N) is 2. The molecule has 0 fully saturated rings. The van der Waals surface area contributed by atoms with Crippen LogP contribution in [0.2, 0.25) is 0 Å². The molecule has 0 bridgehead atoms. The minimum Gasteiger partial charge on any atom is -0.271 e. The molecule has 2 aromatic rings. The van der Waals surface area contributed by atoms with Gasteiger partial charge < -0.3 is 0 Å². The average Bonchev–Trinajstić information content (AvgIpc) is 2.87. The Labute approximate surface area is 122 Å². The second-order valence-electron chi connectivity index (χ2n) is 4.81. The van der Waals surface area contributed by atoms with Crippen LogP contribution in [0.3, 0.4) is 0 Å². The van der Waals surface area contributed by atoms with Crippen LogP contribution < -0.4 is 11.3 Å². The molecule has 0 aliphatic rings. The van der Waals surface area contributed by atoms with Crippen LogP contribution in [0.5, 0.6) is 0 Å². The van der Waals surface area contributed by atoms with Gasteiger partial charge >= 0.3 is 0 Å². The molecule has 102 valence electrons. The number of nitrogens with two attached hydrogens (primary N) is 1. The van der Waals surface area contributed by atoms with E-state index >= 15 is 0 Å². The van der Waals surface area contributed by atoms with Gasteiger partial charge in [0.2, 0.25) is 0 Å². The Bertz CT molecular complexity index is 536. The SMILES string of the molecule is CC(C)n1nccc1C(Cc1ccccc1Br)NN. The van der Waals surface area contributed by atoms with E-state index in [1.165, 1.54) is 5.56 Å². The molecule has 1 heterocycles. The average molecular weight is 323 g/mol. The van der Waals surface area contributed by atoms with Gasteiger partial charge in [-0.1, -0.05) is 34.1 Å². The number of rotatable bonds is 5. The summed E-state index contributed by atoms with van der Waals surface area (Å²) in [6, 6.07) is 10.6. The van der Waals surface area contributed by atoms with E-state index in [0.29, 0.717) is 6.04 Å². The molecule has 3 N–H and O–H groups in total. The lowest BCUT2D eigenvalue weighted by Gasteiger charge is -2.20. The van der Waals surface area contributed by atoms with Gasteiger partial charge in [-0.2, -0.15) is 5.10 Å². The highest BCUT2D eigenvalue weighted by Gasteiger charge is 2.17. The lowest BCUT2D eigenvalue weighted by atomic mass is 10.0. The van der Waals surface area contributed by atoms with Crippen molar-refractivity contribution in [2.45, 2.75) is 32.4 Å². The summed E-state index contributed by atoms with van der Waals surface area (Å²) in [6.07, 6.45) is 2.63. The first-order valence-corrected chi connectivity index (χ1v) is 7.15. The normalized spacial score (nSPS) is 12.9. The summed E-state index contributed by atoms with van der Waals surface area (Å²) in [5.41, 5.74) is 5.22. The smallest absolute Gasteiger partial charge is 0.0669 e. The van der Waals surface area contributed by atoms with Crippen LogP contribution in [0, 0.1) is 0 Å². The van der Waals surface area contributed by atoms with E-state index in [4.69, 9.17) is 5.84 Å². The molecule has 1 aromatic heterocycles. The highest BCUT2D eigenvalue weighted by atomic mass is 79.9. The van der Waals surface area contributed by atoms with Crippen molar-refractivity contribution in [3.8, 4) is 0 Å². The van der Waals surface area contributed by atoms with Crippen molar-refractivity contribution in [3.63, 3.8) is 0 Å². The van der Waals surface area contributed by atoms with Gasteiger partial charge in [0.1, 0.15) is 0 Å². The quantitative estimate of drug-likeness (QED) is 0.657. The van der Waals surface area contributed by atoms with Crippen molar-refractivity contribution in [3.05, 3.63) is 52.3 Å². The van der Waals surface area contributed by atoms with Gasteiger partial charge in [-0.25, -0.2) is 0 Å². The zero-order valence-electron chi connectivity index (χ0n) is 11.2.